The third-order valence-electron chi connectivity index (χ3n) is 11.8. The predicted molar refractivity (Wildman–Crippen MR) is 181 cm³/mol. The summed E-state index contributed by atoms with van der Waals surface area (Å²) in [5.41, 5.74) is 2.47. The summed E-state index contributed by atoms with van der Waals surface area (Å²) in [7, 11) is 3.37. The van der Waals surface area contributed by atoms with Crippen molar-refractivity contribution in [3.8, 4) is 23.0 Å². The minimum atomic E-state index is -0.383. The second-order valence-electron chi connectivity index (χ2n) is 14.7. The highest BCUT2D eigenvalue weighted by atomic mass is 16.6. The second kappa shape index (κ2) is 15.3. The molecule has 6 unspecified atom stereocenters. The minimum absolute atomic E-state index is 0.184. The first-order chi connectivity index (χ1) is 22.8. The lowest BCUT2D eigenvalue weighted by molar-refractivity contribution is -0.167. The summed E-state index contributed by atoms with van der Waals surface area (Å²) in [5.74, 6) is 2.85. The number of esters is 2. The zero-order chi connectivity index (χ0) is 32.9. The van der Waals surface area contributed by atoms with Crippen LogP contribution >= 0.6 is 0 Å². The molecule has 0 heterocycles. The molecule has 47 heavy (non-hydrogen) atoms. The van der Waals surface area contributed by atoms with Crippen LogP contribution in [0.15, 0.2) is 36.4 Å². The van der Waals surface area contributed by atoms with Crippen molar-refractivity contribution in [2.24, 2.45) is 23.7 Å². The first-order valence-corrected chi connectivity index (χ1v) is 18.3. The first kappa shape index (κ1) is 33.7. The van der Waals surface area contributed by atoms with Gasteiger partial charge in [-0.1, -0.05) is 26.0 Å². The molecule has 0 saturated heterocycles. The number of hydrogen-bond acceptors (Lipinski definition) is 7. The van der Waals surface area contributed by atoms with Crippen molar-refractivity contribution in [2.75, 3.05) is 14.2 Å². The van der Waals surface area contributed by atoms with Crippen LogP contribution in [0.5, 0.6) is 23.0 Å². The van der Waals surface area contributed by atoms with E-state index in [1.54, 1.807) is 14.2 Å². The van der Waals surface area contributed by atoms with Gasteiger partial charge in [-0.25, -0.2) is 0 Å². The lowest BCUT2D eigenvalue weighted by Gasteiger charge is -2.22. The van der Waals surface area contributed by atoms with Gasteiger partial charge in [0.1, 0.15) is 0 Å². The highest BCUT2D eigenvalue weighted by Crippen LogP contribution is 2.46. The Labute approximate surface area is 281 Å². The monoisotopic (exact) mass is 646 g/mol. The highest BCUT2D eigenvalue weighted by Gasteiger charge is 2.38. The van der Waals surface area contributed by atoms with Crippen LogP contribution in [0.2, 0.25) is 0 Å². The van der Waals surface area contributed by atoms with E-state index in [0.29, 0.717) is 11.8 Å². The summed E-state index contributed by atoms with van der Waals surface area (Å²) < 4.78 is 29.4. The maximum Gasteiger partial charge on any atom is 0.316 e. The molecule has 7 nitrogen and oxygen atoms in total. The Balaban J connectivity index is 1.00. The average molecular weight is 647 g/mol. The van der Waals surface area contributed by atoms with Crippen molar-refractivity contribution >= 4 is 11.9 Å². The van der Waals surface area contributed by atoms with Gasteiger partial charge in [0, 0.05) is 0 Å². The molecule has 4 fully saturated rings. The molecular weight excluding hydrogens is 592 g/mol. The number of carbonyl (C=O) groups excluding carboxylic acids is 2. The molecule has 256 valence electrons. The summed E-state index contributed by atoms with van der Waals surface area (Å²) in [6.45, 7) is 3.85. The number of methoxy groups -OCH3 is 2. The van der Waals surface area contributed by atoms with E-state index in [2.05, 4.69) is 24.3 Å². The van der Waals surface area contributed by atoms with Crippen LogP contribution in [0, 0.1) is 23.7 Å². The Bertz CT molecular complexity index is 1270. The summed E-state index contributed by atoms with van der Waals surface area (Å²) >= 11 is 0. The van der Waals surface area contributed by atoms with Gasteiger partial charge in [-0.3, -0.25) is 9.59 Å². The van der Waals surface area contributed by atoms with Crippen LogP contribution in [0.1, 0.15) is 127 Å². The molecule has 6 atom stereocenters. The lowest BCUT2D eigenvalue weighted by atomic mass is 9.89. The van der Waals surface area contributed by atoms with E-state index in [4.69, 9.17) is 23.7 Å². The van der Waals surface area contributed by atoms with Crippen LogP contribution in [0.4, 0.5) is 0 Å². The molecule has 4 saturated carbocycles. The molecule has 0 bridgehead atoms. The van der Waals surface area contributed by atoms with Gasteiger partial charge in [-0.05, 0) is 149 Å². The Morgan fingerprint density at radius 1 is 0.574 bits per heavy atom. The number of carbonyl (C=O) groups is 2. The molecule has 7 heteroatoms. The maximum absolute atomic E-state index is 13.3. The Morgan fingerprint density at radius 3 is 1.36 bits per heavy atom. The quantitative estimate of drug-likeness (QED) is 0.168. The van der Waals surface area contributed by atoms with Crippen LogP contribution < -0.4 is 18.9 Å². The van der Waals surface area contributed by atoms with Gasteiger partial charge in [0.15, 0.2) is 23.0 Å². The first-order valence-electron chi connectivity index (χ1n) is 18.3. The molecular formula is C40H54O7. The average Bonchev–Trinajstić information content (AvgIpc) is 3.92. The zero-order valence-electron chi connectivity index (χ0n) is 28.8. The van der Waals surface area contributed by atoms with Gasteiger partial charge < -0.3 is 23.7 Å². The minimum Gasteiger partial charge on any atom is -0.493 e. The van der Waals surface area contributed by atoms with Crippen molar-refractivity contribution in [1.82, 2.24) is 0 Å². The summed E-state index contributed by atoms with van der Waals surface area (Å²) in [6.07, 6.45) is 15.4. The van der Waals surface area contributed by atoms with Crippen molar-refractivity contribution < 1.29 is 33.3 Å². The third-order valence-corrected chi connectivity index (χ3v) is 11.8. The van der Waals surface area contributed by atoms with E-state index in [1.807, 2.05) is 26.0 Å². The molecule has 2 aromatic carbocycles. The van der Waals surface area contributed by atoms with E-state index < -0.39 is 0 Å². The summed E-state index contributed by atoms with van der Waals surface area (Å²) in [5, 5.41) is 0. The van der Waals surface area contributed by atoms with E-state index in [-0.39, 0.29) is 47.8 Å². The Hall–Kier alpha value is -3.22. The number of rotatable bonds is 12. The lowest BCUT2D eigenvalue weighted by Crippen LogP contribution is -2.29. The molecule has 2 aromatic rings. The second-order valence-corrected chi connectivity index (χ2v) is 14.7. The van der Waals surface area contributed by atoms with Crippen molar-refractivity contribution in [3.05, 3.63) is 47.5 Å². The van der Waals surface area contributed by atoms with Crippen LogP contribution in [-0.2, 0) is 14.3 Å². The van der Waals surface area contributed by atoms with E-state index in [9.17, 15) is 9.59 Å². The largest absolute Gasteiger partial charge is 0.493 e. The molecule has 0 aromatic heterocycles. The summed E-state index contributed by atoms with van der Waals surface area (Å²) in [6, 6.07) is 12.6. The number of hydrogen-bond donors (Lipinski definition) is 0. The van der Waals surface area contributed by atoms with E-state index in [1.165, 1.54) is 36.8 Å². The van der Waals surface area contributed by atoms with Gasteiger partial charge >= 0.3 is 11.9 Å². The van der Waals surface area contributed by atoms with Gasteiger partial charge in [-0.15, -0.1) is 0 Å². The fraction of sp³-hybridized carbons (Fsp3) is 0.650. The number of benzene rings is 2. The molecule has 0 N–H and O–H groups in total. The Morgan fingerprint density at radius 2 is 0.979 bits per heavy atom. The summed E-state index contributed by atoms with van der Waals surface area (Å²) in [4.78, 5) is 26.5. The van der Waals surface area contributed by atoms with Gasteiger partial charge in [0.25, 0.3) is 0 Å². The van der Waals surface area contributed by atoms with E-state index in [0.717, 1.165) is 87.2 Å². The zero-order valence-corrected chi connectivity index (χ0v) is 28.8. The van der Waals surface area contributed by atoms with Gasteiger partial charge in [0.2, 0.25) is 0 Å². The van der Waals surface area contributed by atoms with E-state index >= 15 is 0 Å². The topological polar surface area (TPSA) is 80.3 Å². The Kier molecular flexibility index (Phi) is 11.0. The fourth-order valence-electron chi connectivity index (χ4n) is 8.67. The van der Waals surface area contributed by atoms with Gasteiger partial charge in [0.05, 0.1) is 38.3 Å². The smallest absolute Gasteiger partial charge is 0.316 e. The van der Waals surface area contributed by atoms with Crippen LogP contribution in [0.25, 0.3) is 0 Å². The maximum atomic E-state index is 13.3. The van der Waals surface area contributed by atoms with Crippen LogP contribution in [0.3, 0.4) is 0 Å². The molecule has 0 radical (unpaired) electrons. The number of ether oxygens (including phenoxy) is 5. The van der Waals surface area contributed by atoms with Crippen molar-refractivity contribution in [3.63, 3.8) is 0 Å². The highest BCUT2D eigenvalue weighted by molar-refractivity contribution is 5.88. The molecule has 6 rings (SSSR count). The van der Waals surface area contributed by atoms with Gasteiger partial charge in [-0.2, -0.15) is 0 Å². The van der Waals surface area contributed by atoms with Crippen molar-refractivity contribution in [1.29, 1.82) is 0 Å². The molecule has 4 aliphatic rings. The normalized spacial score (nSPS) is 26.2. The fourth-order valence-corrected chi connectivity index (χ4v) is 8.67. The standard InChI is InChI=1S/C40H54O7/c1-25(27-13-15-29(21-27)31-17-19-35(43-3)37(23-31)45-33-9-5-6-10-33)39(41)47-40(42)26(2)28-14-16-30(22-28)32-18-20-36(44-4)38(24-32)46-34-11-7-8-12-34/h17-20,23-30,33-34H,5-16,21-22H2,1-4H3. The SMILES string of the molecule is COc1ccc(C2CCC(C(C)C(=O)OC(=O)C(C)C3CCC(c4ccc(OC)c(OC5CCCC5)c4)C3)C2)cc1OC1CCCC1. The predicted octanol–water partition coefficient (Wildman–Crippen LogP) is 9.16. The molecule has 0 amide bonds. The third kappa shape index (κ3) is 7.92. The van der Waals surface area contributed by atoms with Crippen LogP contribution in [-0.4, -0.2) is 38.4 Å². The molecule has 0 aliphatic heterocycles. The molecule has 4 aliphatic carbocycles. The van der Waals surface area contributed by atoms with Crippen molar-refractivity contribution in [2.45, 2.75) is 128 Å². The molecule has 0 spiro atoms.